The van der Waals surface area contributed by atoms with Crippen LogP contribution in [-0.4, -0.2) is 37.0 Å². The highest BCUT2D eigenvalue weighted by Gasteiger charge is 2.63. The first-order valence-corrected chi connectivity index (χ1v) is 10.9. The highest BCUT2D eigenvalue weighted by Crippen LogP contribution is 2.67. The molecule has 3 fully saturated rings. The van der Waals surface area contributed by atoms with Gasteiger partial charge in [0.15, 0.2) is 5.78 Å². The molecule has 0 aromatic carbocycles. The normalized spacial score (nSPS) is 41.3. The monoisotopic (exact) mass is 399 g/mol. The van der Waals surface area contributed by atoms with Gasteiger partial charge < -0.3 is 10.2 Å². The molecule has 0 saturated heterocycles. The molecular formula is C22H29N3O4. The number of hydrogen-bond acceptors (Lipinski definition) is 5. The van der Waals surface area contributed by atoms with E-state index in [0.29, 0.717) is 42.2 Å². The van der Waals surface area contributed by atoms with E-state index in [1.54, 1.807) is 6.20 Å². The van der Waals surface area contributed by atoms with Gasteiger partial charge in [0.25, 0.3) is 0 Å². The molecule has 4 unspecified atom stereocenters. The second-order valence-corrected chi connectivity index (χ2v) is 9.85. The number of aliphatic carboxylic acids is 1. The van der Waals surface area contributed by atoms with Crippen molar-refractivity contribution in [3.63, 3.8) is 0 Å². The van der Waals surface area contributed by atoms with Crippen molar-refractivity contribution in [1.82, 2.24) is 15.0 Å². The van der Waals surface area contributed by atoms with Gasteiger partial charge >= 0.3 is 5.97 Å². The predicted octanol–water partition coefficient (Wildman–Crippen LogP) is 2.69. The Hall–Kier alpha value is -2.02. The van der Waals surface area contributed by atoms with Crippen LogP contribution in [0.4, 0.5) is 0 Å². The minimum Gasteiger partial charge on any atom is -0.480 e. The molecule has 1 aromatic heterocycles. The lowest BCUT2D eigenvalue weighted by Gasteiger charge is -2.55. The predicted molar refractivity (Wildman–Crippen MR) is 104 cm³/mol. The van der Waals surface area contributed by atoms with E-state index in [-0.39, 0.29) is 17.7 Å². The summed E-state index contributed by atoms with van der Waals surface area (Å²) in [7, 11) is 0. The number of carboxylic acid groups (broad SMARTS) is 1. The lowest BCUT2D eigenvalue weighted by atomic mass is 9.50. The summed E-state index contributed by atoms with van der Waals surface area (Å²) in [5.41, 5.74) is 0.556. The largest absolute Gasteiger partial charge is 0.480 e. The van der Waals surface area contributed by atoms with Crippen molar-refractivity contribution in [3.05, 3.63) is 23.5 Å². The Morgan fingerprint density at radius 1 is 1.21 bits per heavy atom. The minimum atomic E-state index is -1.06. The van der Waals surface area contributed by atoms with Gasteiger partial charge in [-0.25, -0.2) is 4.68 Å². The fraction of sp³-hybridized carbons (Fsp3) is 0.727. The smallest absolute Gasteiger partial charge is 0.325 e. The summed E-state index contributed by atoms with van der Waals surface area (Å²) in [4.78, 5) is 22.8. The molecule has 29 heavy (non-hydrogen) atoms. The fourth-order valence-corrected chi connectivity index (χ4v) is 7.32. The van der Waals surface area contributed by atoms with Gasteiger partial charge in [0, 0.05) is 11.8 Å². The molecule has 0 aliphatic heterocycles. The van der Waals surface area contributed by atoms with Crippen LogP contribution in [0, 0.1) is 29.1 Å². The minimum absolute atomic E-state index is 0.247. The molecule has 4 aliphatic carbocycles. The number of aromatic nitrogens is 3. The van der Waals surface area contributed by atoms with Gasteiger partial charge in [-0.15, -0.1) is 5.10 Å². The summed E-state index contributed by atoms with van der Waals surface area (Å²) in [6.07, 6.45) is 10.9. The molecule has 5 rings (SSSR count). The molecule has 6 atom stereocenters. The number of allylic oxidation sites excluding steroid dienone is 1. The van der Waals surface area contributed by atoms with Crippen LogP contribution in [0.1, 0.15) is 64.0 Å². The molecule has 7 nitrogen and oxygen atoms in total. The molecule has 2 N–H and O–H groups in total. The third-order valence-electron chi connectivity index (χ3n) is 8.71. The molecule has 7 heteroatoms. The van der Waals surface area contributed by atoms with E-state index in [0.717, 1.165) is 38.5 Å². The molecule has 1 aromatic rings. The van der Waals surface area contributed by atoms with Gasteiger partial charge in [-0.1, -0.05) is 17.7 Å². The zero-order chi connectivity index (χ0) is 20.4. The number of carbonyl (C=O) groups is 2. The molecule has 156 valence electrons. The molecule has 0 radical (unpaired) electrons. The average molecular weight is 399 g/mol. The van der Waals surface area contributed by atoms with Crippen LogP contribution < -0.4 is 0 Å². The molecule has 1 heterocycles. The maximum Gasteiger partial charge on any atom is 0.325 e. The van der Waals surface area contributed by atoms with Gasteiger partial charge in [0.1, 0.15) is 17.8 Å². The Morgan fingerprint density at radius 2 is 2.03 bits per heavy atom. The Balaban J connectivity index is 1.43. The van der Waals surface area contributed by atoms with Gasteiger partial charge in [-0.2, -0.15) is 0 Å². The lowest BCUT2D eigenvalue weighted by Crippen LogP contribution is -2.51. The molecule has 3 saturated carbocycles. The number of hydrogen-bond donors (Lipinski definition) is 2. The number of rotatable bonds is 3. The molecule has 0 amide bonds. The Morgan fingerprint density at radius 3 is 2.83 bits per heavy atom. The number of nitrogens with zero attached hydrogens (tertiary/aromatic N) is 3. The Bertz CT molecular complexity index is 892. The molecule has 4 aliphatic rings. The second kappa shape index (κ2) is 6.49. The van der Waals surface area contributed by atoms with Crippen LogP contribution in [0.25, 0.3) is 0 Å². The summed E-state index contributed by atoms with van der Waals surface area (Å²) in [6.45, 7) is 1.95. The quantitative estimate of drug-likeness (QED) is 0.810. The van der Waals surface area contributed by atoms with Crippen LogP contribution in [-0.2, 0) is 21.7 Å². The van der Waals surface area contributed by atoms with E-state index < -0.39 is 11.6 Å². The van der Waals surface area contributed by atoms with E-state index in [9.17, 15) is 14.7 Å². The van der Waals surface area contributed by atoms with Gasteiger partial charge in [0.2, 0.25) is 0 Å². The molecule has 0 spiro atoms. The van der Waals surface area contributed by atoms with Crippen LogP contribution >= 0.6 is 0 Å². The zero-order valence-corrected chi connectivity index (χ0v) is 16.9. The van der Waals surface area contributed by atoms with Crippen molar-refractivity contribution in [2.75, 3.05) is 0 Å². The van der Waals surface area contributed by atoms with Crippen LogP contribution in [0.2, 0.25) is 0 Å². The lowest BCUT2D eigenvalue weighted by molar-refractivity contribution is -0.138. The number of fused-ring (bicyclic) bond motifs is 5. The summed E-state index contributed by atoms with van der Waals surface area (Å²) < 4.78 is 1.30. The van der Waals surface area contributed by atoms with Gasteiger partial charge in [0.05, 0.1) is 6.20 Å². The van der Waals surface area contributed by atoms with Crippen molar-refractivity contribution in [1.29, 1.82) is 0 Å². The van der Waals surface area contributed by atoms with E-state index in [1.165, 1.54) is 10.3 Å². The third-order valence-corrected chi connectivity index (χ3v) is 8.71. The van der Waals surface area contributed by atoms with Gasteiger partial charge in [-0.05, 0) is 74.7 Å². The standard InChI is InChI=1S/C22H29N3O4/c1-21-8-6-16-15-5-3-14(26)10-13(15)2-4-17(16)18(21)7-9-22(21,29)19-11-25(24-23-19)12-20(27)28/h10-11,15-18,29H,2-9,12H2,1H3,(H,27,28)/t15?,16?,17?,18?,21-,22+/m0/s1. The van der Waals surface area contributed by atoms with Crippen LogP contribution in [0.15, 0.2) is 17.8 Å². The number of carbonyl (C=O) groups excluding carboxylic acids is 1. The SMILES string of the molecule is C[C@]12CCC3C4CCC(=O)C=C4CCC3C1CC[C@@]2(O)c1cn(CC(=O)O)nn1. The van der Waals surface area contributed by atoms with Crippen LogP contribution in [0.3, 0.4) is 0 Å². The third kappa shape index (κ3) is 2.73. The summed E-state index contributed by atoms with van der Waals surface area (Å²) in [6, 6.07) is 0. The van der Waals surface area contributed by atoms with Crippen molar-refractivity contribution in [3.8, 4) is 0 Å². The first-order chi connectivity index (χ1) is 13.8. The number of ketones is 1. The molecular weight excluding hydrogens is 370 g/mol. The van der Waals surface area contributed by atoms with E-state index in [1.807, 2.05) is 6.08 Å². The summed E-state index contributed by atoms with van der Waals surface area (Å²) >= 11 is 0. The maximum absolute atomic E-state index is 11.9. The van der Waals surface area contributed by atoms with Crippen molar-refractivity contribution in [2.45, 2.75) is 70.4 Å². The number of carboxylic acids is 1. The van der Waals surface area contributed by atoms with E-state index in [2.05, 4.69) is 17.2 Å². The van der Waals surface area contributed by atoms with Crippen LogP contribution in [0.5, 0.6) is 0 Å². The first kappa shape index (κ1) is 19.0. The highest BCUT2D eigenvalue weighted by molar-refractivity contribution is 5.91. The topological polar surface area (TPSA) is 105 Å². The second-order valence-electron chi connectivity index (χ2n) is 9.85. The van der Waals surface area contributed by atoms with E-state index >= 15 is 0 Å². The Kier molecular flexibility index (Phi) is 4.25. The summed E-state index contributed by atoms with van der Waals surface area (Å²) in [5, 5.41) is 28.9. The highest BCUT2D eigenvalue weighted by atomic mass is 16.4. The fourth-order valence-electron chi connectivity index (χ4n) is 7.32. The van der Waals surface area contributed by atoms with Crippen molar-refractivity contribution in [2.24, 2.45) is 29.1 Å². The zero-order valence-electron chi connectivity index (χ0n) is 16.9. The van der Waals surface area contributed by atoms with Crippen molar-refractivity contribution < 1.29 is 19.8 Å². The van der Waals surface area contributed by atoms with Gasteiger partial charge in [-0.3, -0.25) is 9.59 Å². The average Bonchev–Trinajstić information content (AvgIpc) is 3.24. The number of aliphatic hydroxyl groups is 1. The Labute approximate surface area is 170 Å². The molecule has 0 bridgehead atoms. The van der Waals surface area contributed by atoms with E-state index in [4.69, 9.17) is 5.11 Å². The summed E-state index contributed by atoms with van der Waals surface area (Å²) in [5.74, 6) is 1.48. The first-order valence-electron chi connectivity index (χ1n) is 10.9. The van der Waals surface area contributed by atoms with Crippen molar-refractivity contribution >= 4 is 11.8 Å². The maximum atomic E-state index is 11.9.